The van der Waals surface area contributed by atoms with Crippen LogP contribution in [0, 0.1) is 4.77 Å². The van der Waals surface area contributed by atoms with Crippen LogP contribution in [0.3, 0.4) is 0 Å². The Morgan fingerprint density at radius 2 is 1.67 bits per heavy atom. The van der Waals surface area contributed by atoms with E-state index >= 15 is 0 Å². The van der Waals surface area contributed by atoms with Crippen molar-refractivity contribution >= 4 is 24.4 Å². The van der Waals surface area contributed by atoms with Crippen molar-refractivity contribution < 1.29 is 9.53 Å². The topological polar surface area (TPSA) is 59.0 Å². The Hall–Kier alpha value is -3.90. The summed E-state index contributed by atoms with van der Waals surface area (Å²) < 4.78 is 8.12. The fraction of sp³-hybridized carbons (Fsp3) is 0.111. The van der Waals surface area contributed by atoms with E-state index in [1.165, 1.54) is 22.3 Å². The Morgan fingerprint density at radius 1 is 1.00 bits per heavy atom. The summed E-state index contributed by atoms with van der Waals surface area (Å²) in [5, 5.41) is 2.80. The summed E-state index contributed by atoms with van der Waals surface area (Å²) >= 11 is 5.25. The Labute approximate surface area is 197 Å². The zero-order valence-corrected chi connectivity index (χ0v) is 18.7. The molecule has 0 spiro atoms. The fourth-order valence-corrected chi connectivity index (χ4v) is 4.49. The number of hydrogen-bond acceptors (Lipinski definition) is 3. The first kappa shape index (κ1) is 21.0. The van der Waals surface area contributed by atoms with E-state index in [4.69, 9.17) is 17.0 Å². The van der Waals surface area contributed by atoms with Crippen LogP contribution >= 0.6 is 12.2 Å². The summed E-state index contributed by atoms with van der Waals surface area (Å²) in [6.45, 7) is 0.702. The van der Waals surface area contributed by atoms with Gasteiger partial charge in [0, 0.05) is 30.5 Å². The molecule has 1 heterocycles. The van der Waals surface area contributed by atoms with E-state index in [9.17, 15) is 4.79 Å². The lowest BCUT2D eigenvalue weighted by molar-refractivity contribution is 0.144. The monoisotopic (exact) mass is 453 g/mol. The zero-order valence-electron chi connectivity index (χ0n) is 17.9. The number of H-pyrrole nitrogens is 1. The van der Waals surface area contributed by atoms with Gasteiger partial charge in [-0.2, -0.15) is 0 Å². The van der Waals surface area contributed by atoms with E-state index in [0.29, 0.717) is 17.9 Å². The number of rotatable bonds is 6. The number of carbonyl (C=O) groups is 1. The largest absolute Gasteiger partial charge is 0.449 e. The lowest BCUT2D eigenvalue weighted by atomic mass is 9.98. The SMILES string of the molecule is O=C(NCC=Cc1ccc(-n2cc[nH]c2=S)cc1)OCC1c2ccccc2-c2ccccc21. The first-order valence-corrected chi connectivity index (χ1v) is 11.2. The van der Waals surface area contributed by atoms with E-state index in [1.807, 2.05) is 77.6 Å². The lowest BCUT2D eigenvalue weighted by Crippen LogP contribution is -2.26. The normalized spacial score (nSPS) is 12.5. The Bertz CT molecular complexity index is 1320. The van der Waals surface area contributed by atoms with Crippen LogP contribution in [-0.4, -0.2) is 28.8 Å². The van der Waals surface area contributed by atoms with Crippen LogP contribution in [0.25, 0.3) is 22.9 Å². The first-order valence-electron chi connectivity index (χ1n) is 10.8. The highest BCUT2D eigenvalue weighted by molar-refractivity contribution is 7.71. The van der Waals surface area contributed by atoms with E-state index in [1.54, 1.807) is 0 Å². The minimum Gasteiger partial charge on any atom is -0.449 e. The number of amides is 1. The van der Waals surface area contributed by atoms with Crippen LogP contribution in [-0.2, 0) is 4.74 Å². The molecule has 0 atom stereocenters. The highest BCUT2D eigenvalue weighted by Gasteiger charge is 2.28. The molecule has 5 nitrogen and oxygen atoms in total. The van der Waals surface area contributed by atoms with Gasteiger partial charge >= 0.3 is 6.09 Å². The van der Waals surface area contributed by atoms with Gasteiger partial charge < -0.3 is 15.0 Å². The molecule has 5 rings (SSSR count). The number of aromatic nitrogens is 2. The van der Waals surface area contributed by atoms with Gasteiger partial charge in [-0.15, -0.1) is 0 Å². The van der Waals surface area contributed by atoms with Crippen LogP contribution in [0.5, 0.6) is 0 Å². The maximum Gasteiger partial charge on any atom is 0.407 e. The van der Waals surface area contributed by atoms with Crippen LogP contribution < -0.4 is 5.32 Å². The highest BCUT2D eigenvalue weighted by Crippen LogP contribution is 2.44. The molecule has 2 N–H and O–H groups in total. The second kappa shape index (κ2) is 9.30. The molecule has 33 heavy (non-hydrogen) atoms. The predicted molar refractivity (Wildman–Crippen MR) is 133 cm³/mol. The standard InChI is InChI=1S/C27H23N3O2S/c31-27(29-15-5-6-19-11-13-20(14-12-19)30-17-16-28-26(30)33)32-18-25-23-9-3-1-7-21(23)22-8-2-4-10-24(22)25/h1-14,16-17,25H,15,18H2,(H,28,33)(H,29,31). The van der Waals surface area contributed by atoms with Crippen molar-refractivity contribution in [2.45, 2.75) is 5.92 Å². The molecule has 0 fully saturated rings. The smallest absolute Gasteiger partial charge is 0.407 e. The van der Waals surface area contributed by atoms with E-state index < -0.39 is 6.09 Å². The maximum atomic E-state index is 12.3. The van der Waals surface area contributed by atoms with Gasteiger partial charge in [0.1, 0.15) is 6.61 Å². The zero-order chi connectivity index (χ0) is 22.6. The average molecular weight is 454 g/mol. The molecule has 6 heteroatoms. The number of ether oxygens (including phenoxy) is 1. The summed E-state index contributed by atoms with van der Waals surface area (Å²) in [5.41, 5.74) is 6.88. The molecule has 0 aliphatic heterocycles. The molecule has 0 unspecified atom stereocenters. The Kier molecular flexibility index (Phi) is 5.91. The number of nitrogens with one attached hydrogen (secondary N) is 2. The Balaban J connectivity index is 1.14. The van der Waals surface area contributed by atoms with E-state index in [0.717, 1.165) is 11.3 Å². The number of benzene rings is 3. The van der Waals surface area contributed by atoms with Crippen molar-refractivity contribution in [1.29, 1.82) is 0 Å². The van der Waals surface area contributed by atoms with Gasteiger partial charge in [-0.05, 0) is 52.2 Å². The van der Waals surface area contributed by atoms with Gasteiger partial charge in [0.25, 0.3) is 0 Å². The maximum absolute atomic E-state index is 12.3. The summed E-state index contributed by atoms with van der Waals surface area (Å²) in [6.07, 6.45) is 7.15. The molecule has 0 saturated heterocycles. The minimum atomic E-state index is -0.418. The van der Waals surface area contributed by atoms with Gasteiger partial charge in [-0.25, -0.2) is 4.79 Å². The van der Waals surface area contributed by atoms with Crippen molar-refractivity contribution in [3.05, 3.63) is 113 Å². The third kappa shape index (κ3) is 4.38. The van der Waals surface area contributed by atoms with E-state index in [-0.39, 0.29) is 5.92 Å². The summed E-state index contributed by atoms with van der Waals surface area (Å²) in [6, 6.07) is 24.6. The fourth-order valence-electron chi connectivity index (χ4n) is 4.26. The number of aromatic amines is 1. The van der Waals surface area contributed by atoms with Crippen LogP contribution in [0.2, 0.25) is 0 Å². The molecule has 4 aromatic rings. The molecule has 3 aromatic carbocycles. The molecule has 1 aliphatic carbocycles. The second-order valence-corrected chi connectivity index (χ2v) is 8.22. The molecule has 0 radical (unpaired) electrons. The minimum absolute atomic E-state index is 0.0609. The average Bonchev–Trinajstić information content (AvgIpc) is 3.42. The molecule has 164 valence electrons. The number of carbonyl (C=O) groups excluding carboxylic acids is 1. The van der Waals surface area contributed by atoms with Crippen molar-refractivity contribution in [2.75, 3.05) is 13.2 Å². The predicted octanol–water partition coefficient (Wildman–Crippen LogP) is 6.09. The van der Waals surface area contributed by atoms with Crippen molar-refractivity contribution in [3.8, 4) is 16.8 Å². The molecular formula is C27H23N3O2S. The second-order valence-electron chi connectivity index (χ2n) is 7.84. The van der Waals surface area contributed by atoms with Gasteiger partial charge in [0.15, 0.2) is 4.77 Å². The number of fused-ring (bicyclic) bond motifs is 3. The van der Waals surface area contributed by atoms with Gasteiger partial charge in [-0.1, -0.05) is 72.8 Å². The lowest BCUT2D eigenvalue weighted by Gasteiger charge is -2.14. The quantitative estimate of drug-likeness (QED) is 0.348. The Morgan fingerprint density at radius 3 is 2.30 bits per heavy atom. The molecule has 1 aromatic heterocycles. The summed E-state index contributed by atoms with van der Waals surface area (Å²) in [7, 11) is 0. The van der Waals surface area contributed by atoms with Crippen LogP contribution in [0.4, 0.5) is 4.79 Å². The van der Waals surface area contributed by atoms with Crippen LogP contribution in [0.1, 0.15) is 22.6 Å². The highest BCUT2D eigenvalue weighted by atomic mass is 32.1. The van der Waals surface area contributed by atoms with Gasteiger partial charge in [-0.3, -0.25) is 4.57 Å². The third-order valence-corrected chi connectivity index (χ3v) is 6.15. The molecule has 0 saturated carbocycles. The van der Waals surface area contributed by atoms with Crippen molar-refractivity contribution in [3.63, 3.8) is 0 Å². The summed E-state index contributed by atoms with van der Waals surface area (Å²) in [4.78, 5) is 15.2. The number of hydrogen-bond donors (Lipinski definition) is 2. The first-order chi connectivity index (χ1) is 16.2. The van der Waals surface area contributed by atoms with E-state index in [2.05, 4.69) is 34.6 Å². The summed E-state index contributed by atoms with van der Waals surface area (Å²) in [5.74, 6) is 0.0609. The van der Waals surface area contributed by atoms with Gasteiger partial charge in [0.05, 0.1) is 0 Å². The number of nitrogens with zero attached hydrogens (tertiary/aromatic N) is 1. The number of imidazole rings is 1. The van der Waals surface area contributed by atoms with Crippen molar-refractivity contribution in [1.82, 2.24) is 14.9 Å². The van der Waals surface area contributed by atoms with Crippen molar-refractivity contribution in [2.24, 2.45) is 0 Å². The van der Waals surface area contributed by atoms with Gasteiger partial charge in [0.2, 0.25) is 0 Å². The third-order valence-electron chi connectivity index (χ3n) is 5.84. The molecule has 1 aliphatic rings. The van der Waals surface area contributed by atoms with Crippen LogP contribution in [0.15, 0.2) is 91.3 Å². The molecule has 1 amide bonds. The molecular weight excluding hydrogens is 430 g/mol. The number of alkyl carbamates (subject to hydrolysis) is 1. The molecule has 0 bridgehead atoms.